The van der Waals surface area contributed by atoms with Crippen LogP contribution in [0.1, 0.15) is 59.3 Å². The highest BCUT2D eigenvalue weighted by Crippen LogP contribution is 2.67. The number of methoxy groups -OCH3 is 1. The van der Waals surface area contributed by atoms with Crippen molar-refractivity contribution in [1.29, 1.82) is 0 Å². The second-order valence-corrected chi connectivity index (χ2v) is 9.35. The van der Waals surface area contributed by atoms with Crippen LogP contribution in [0.25, 0.3) is 10.9 Å². The molecule has 3 N–H and O–H groups in total. The second kappa shape index (κ2) is 7.54. The maximum Gasteiger partial charge on any atom is 0.268 e. The van der Waals surface area contributed by atoms with Gasteiger partial charge in [0.1, 0.15) is 5.69 Å². The third-order valence-corrected chi connectivity index (χ3v) is 7.14. The highest BCUT2D eigenvalue weighted by Gasteiger charge is 2.61. The van der Waals surface area contributed by atoms with Crippen LogP contribution < -0.4 is 15.9 Å². The number of carbonyl (C=O) groups excluding carboxylic acids is 1. The third kappa shape index (κ3) is 3.43. The van der Waals surface area contributed by atoms with E-state index in [2.05, 4.69) is 9.97 Å². The largest absolute Gasteiger partial charge is 0.493 e. The number of nitrogens with two attached hydrogens (primary N) is 1. The fraction of sp³-hybridized carbons (Fsp3) is 0.375. The Labute approximate surface area is 191 Å². The minimum atomic E-state index is -2.78. The molecule has 0 unspecified atom stereocenters. The summed E-state index contributed by atoms with van der Waals surface area (Å²) >= 11 is 0. The molecule has 0 bridgehead atoms. The maximum absolute atomic E-state index is 14.5. The van der Waals surface area contributed by atoms with Gasteiger partial charge in [-0.1, -0.05) is 6.07 Å². The number of ether oxygens (including phenoxy) is 1. The van der Waals surface area contributed by atoms with Crippen LogP contribution in [0.15, 0.2) is 35.3 Å². The molecule has 1 aromatic carbocycles. The molecule has 2 heterocycles. The zero-order chi connectivity index (χ0) is 24.4. The third-order valence-electron chi connectivity index (χ3n) is 7.14. The lowest BCUT2D eigenvalue weighted by Crippen LogP contribution is -2.44. The van der Waals surface area contributed by atoms with Crippen molar-refractivity contribution in [2.75, 3.05) is 7.11 Å². The summed E-state index contributed by atoms with van der Waals surface area (Å²) in [6.07, 6.45) is 1.34. The minimum Gasteiger partial charge on any atom is -0.493 e. The summed E-state index contributed by atoms with van der Waals surface area (Å²) in [7, 11) is 1.22. The molecule has 2 saturated carbocycles. The van der Waals surface area contributed by atoms with Crippen LogP contribution in [-0.2, 0) is 0 Å². The van der Waals surface area contributed by atoms with Crippen LogP contribution in [0.4, 0.5) is 17.6 Å². The molecule has 0 aliphatic heterocycles. The summed E-state index contributed by atoms with van der Waals surface area (Å²) in [4.78, 5) is 31.7. The Morgan fingerprint density at radius 3 is 2.53 bits per heavy atom. The lowest BCUT2D eigenvalue weighted by atomic mass is 9.64. The molecule has 5 rings (SSSR count). The number of H-pyrrole nitrogens is 1. The van der Waals surface area contributed by atoms with Crippen molar-refractivity contribution in [3.05, 3.63) is 69.3 Å². The van der Waals surface area contributed by atoms with E-state index in [9.17, 15) is 27.2 Å². The van der Waals surface area contributed by atoms with E-state index in [1.54, 1.807) is 0 Å². The predicted molar refractivity (Wildman–Crippen MR) is 115 cm³/mol. The molecule has 0 saturated heterocycles. The van der Waals surface area contributed by atoms with Crippen LogP contribution in [0, 0.1) is 17.0 Å². The number of amides is 1. The number of nitrogens with zero attached hydrogens (tertiary/aromatic N) is 1. The van der Waals surface area contributed by atoms with Gasteiger partial charge in [0.15, 0.2) is 17.0 Å². The number of rotatable bonds is 4. The van der Waals surface area contributed by atoms with E-state index >= 15 is 0 Å². The number of fused-ring (bicyclic) bond motifs is 1. The van der Waals surface area contributed by atoms with Crippen molar-refractivity contribution in [3.8, 4) is 5.75 Å². The normalized spacial score (nSPS) is 22.6. The fourth-order valence-electron chi connectivity index (χ4n) is 5.94. The van der Waals surface area contributed by atoms with Crippen molar-refractivity contribution in [3.63, 3.8) is 0 Å². The average Bonchev–Trinajstić information content (AvgIpc) is 3.13. The van der Waals surface area contributed by atoms with E-state index < -0.39 is 46.1 Å². The van der Waals surface area contributed by atoms with E-state index in [4.69, 9.17) is 10.5 Å². The van der Waals surface area contributed by atoms with Crippen molar-refractivity contribution in [2.24, 2.45) is 11.1 Å². The zero-order valence-corrected chi connectivity index (χ0v) is 18.1. The van der Waals surface area contributed by atoms with Gasteiger partial charge in [0, 0.05) is 42.3 Å². The summed E-state index contributed by atoms with van der Waals surface area (Å²) in [5.41, 5.74) is 5.10. The van der Waals surface area contributed by atoms with Crippen LogP contribution in [0.5, 0.6) is 5.75 Å². The summed E-state index contributed by atoms with van der Waals surface area (Å²) in [5.74, 6) is -7.13. The Morgan fingerprint density at radius 1 is 1.18 bits per heavy atom. The first kappa shape index (κ1) is 22.4. The van der Waals surface area contributed by atoms with Gasteiger partial charge in [0.05, 0.1) is 18.0 Å². The second-order valence-electron chi connectivity index (χ2n) is 9.35. The number of carbonyl (C=O) groups is 1. The maximum atomic E-state index is 14.5. The van der Waals surface area contributed by atoms with E-state index in [1.807, 2.05) is 0 Å². The van der Waals surface area contributed by atoms with Gasteiger partial charge in [-0.25, -0.2) is 13.2 Å². The summed E-state index contributed by atoms with van der Waals surface area (Å²) in [6, 6.07) is 5.20. The van der Waals surface area contributed by atoms with Gasteiger partial charge in [-0.05, 0) is 36.3 Å². The molecule has 2 fully saturated rings. The first-order valence-corrected chi connectivity index (χ1v) is 10.8. The lowest BCUT2D eigenvalue weighted by molar-refractivity contribution is -0.159. The van der Waals surface area contributed by atoms with Crippen molar-refractivity contribution >= 4 is 16.8 Å². The molecule has 2 atom stereocenters. The van der Waals surface area contributed by atoms with Crippen LogP contribution in [0.2, 0.25) is 0 Å². The summed E-state index contributed by atoms with van der Waals surface area (Å²) in [5, 5.41) is 0.0311. The summed E-state index contributed by atoms with van der Waals surface area (Å²) < 4.78 is 61.4. The molecule has 1 spiro atoms. The van der Waals surface area contributed by atoms with Crippen molar-refractivity contribution in [2.45, 2.75) is 43.4 Å². The number of hydrogen-bond acceptors (Lipinski definition) is 4. The number of aromatic amines is 1. The number of benzene rings is 1. The fourth-order valence-corrected chi connectivity index (χ4v) is 5.94. The molecule has 2 aliphatic rings. The Balaban J connectivity index is 1.66. The van der Waals surface area contributed by atoms with E-state index in [-0.39, 0.29) is 29.7 Å². The topological polar surface area (TPSA) is 98.1 Å². The number of alkyl halides is 2. The smallest absolute Gasteiger partial charge is 0.268 e. The molecule has 10 heteroatoms. The number of pyridine rings is 2. The first-order chi connectivity index (χ1) is 16.0. The van der Waals surface area contributed by atoms with Gasteiger partial charge in [-0.15, -0.1) is 0 Å². The number of hydrogen-bond donors (Lipinski definition) is 2. The Bertz CT molecular complexity index is 1380. The molecule has 0 radical (unpaired) electrons. The van der Waals surface area contributed by atoms with E-state index in [0.717, 1.165) is 6.07 Å². The monoisotopic (exact) mass is 475 g/mol. The molecule has 1 amide bonds. The molecular formula is C24H21F4N3O3. The highest BCUT2D eigenvalue weighted by atomic mass is 19.3. The van der Waals surface area contributed by atoms with Gasteiger partial charge in [0.2, 0.25) is 11.7 Å². The highest BCUT2D eigenvalue weighted by molar-refractivity contribution is 6.03. The average molecular weight is 475 g/mol. The zero-order valence-electron chi connectivity index (χ0n) is 18.1. The van der Waals surface area contributed by atoms with Gasteiger partial charge in [-0.3, -0.25) is 14.6 Å². The Kier molecular flexibility index (Phi) is 4.96. The quantitative estimate of drug-likeness (QED) is 0.547. The number of aromatic nitrogens is 2. The number of halogens is 4. The van der Waals surface area contributed by atoms with Gasteiger partial charge < -0.3 is 15.5 Å². The molecular weight excluding hydrogens is 454 g/mol. The molecule has 2 aromatic heterocycles. The van der Waals surface area contributed by atoms with E-state index in [0.29, 0.717) is 29.6 Å². The minimum absolute atomic E-state index is 0.0311. The molecule has 6 nitrogen and oxygen atoms in total. The molecule has 3 aromatic rings. The predicted octanol–water partition coefficient (Wildman–Crippen LogP) is 4.39. The lowest BCUT2D eigenvalue weighted by Gasteiger charge is -2.45. The Morgan fingerprint density at radius 2 is 1.88 bits per heavy atom. The van der Waals surface area contributed by atoms with Crippen molar-refractivity contribution < 1.29 is 27.1 Å². The van der Waals surface area contributed by atoms with E-state index in [1.165, 1.54) is 31.5 Å². The Hall–Kier alpha value is -3.43. The molecule has 34 heavy (non-hydrogen) atoms. The summed E-state index contributed by atoms with van der Waals surface area (Å²) in [6.45, 7) is 0. The van der Waals surface area contributed by atoms with Crippen LogP contribution in [0.3, 0.4) is 0 Å². The van der Waals surface area contributed by atoms with Gasteiger partial charge in [-0.2, -0.15) is 4.39 Å². The number of primary amides is 1. The van der Waals surface area contributed by atoms with Gasteiger partial charge in [0.25, 0.3) is 5.91 Å². The first-order valence-electron chi connectivity index (χ1n) is 10.8. The SMILES string of the molecule is COc1c([C@@H]2CC3(C[C@H]2c2cc(=O)c4c(C(N)=O)nccc4[nH]2)CC(F)(F)C3)ccc(F)c1F. The molecule has 178 valence electrons. The van der Waals surface area contributed by atoms with Crippen LogP contribution >= 0.6 is 0 Å². The van der Waals surface area contributed by atoms with Crippen molar-refractivity contribution in [1.82, 2.24) is 9.97 Å². The standard InChI is InChI=1S/C24H21F4N3O3/c1-34-21-11(2-3-14(25)19(21)26)12-7-23(9-24(27,28)10-23)8-13(12)16-6-17(32)18-15(31-16)4-5-30-20(18)22(29)33/h2-6,12-13H,7-10H2,1H3,(H2,29,33)(H,31,32)/t12-,13+/m0/s1. The van der Waals surface area contributed by atoms with Gasteiger partial charge >= 0.3 is 0 Å². The molecule has 2 aliphatic carbocycles. The van der Waals surface area contributed by atoms with Crippen LogP contribution in [-0.4, -0.2) is 28.9 Å². The number of nitrogens with one attached hydrogen (secondary N) is 1.